The number of rotatable bonds is 8. The maximum Gasteiger partial charge on any atom is 0.349 e. The summed E-state index contributed by atoms with van der Waals surface area (Å²) in [6.07, 6.45) is 6.77. The third-order valence-corrected chi connectivity index (χ3v) is 5.68. The largest absolute Gasteiger partial charge is 0.476 e. The van der Waals surface area contributed by atoms with Crippen LogP contribution < -0.4 is 10.2 Å². The maximum absolute atomic E-state index is 12.2. The summed E-state index contributed by atoms with van der Waals surface area (Å²) in [4.78, 5) is 24.2. The summed E-state index contributed by atoms with van der Waals surface area (Å²) in [5.74, 6) is 0.354. The van der Waals surface area contributed by atoms with Crippen LogP contribution in [0.4, 0.5) is 0 Å². The van der Waals surface area contributed by atoms with Crippen LogP contribution in [0.25, 0.3) is 0 Å². The van der Waals surface area contributed by atoms with Gasteiger partial charge < -0.3 is 9.47 Å². The second-order valence-electron chi connectivity index (χ2n) is 8.12. The van der Waals surface area contributed by atoms with E-state index in [9.17, 15) is 9.59 Å². The molecule has 3 rings (SSSR count). The van der Waals surface area contributed by atoms with E-state index >= 15 is 0 Å². The molecule has 0 unspecified atom stereocenters. The lowest BCUT2D eigenvalue weighted by atomic mass is 9.79. The number of benzene rings is 1. The van der Waals surface area contributed by atoms with Crippen LogP contribution in [-0.2, 0) is 20.7 Å². The number of esters is 1. The van der Waals surface area contributed by atoms with Crippen molar-refractivity contribution in [3.63, 3.8) is 0 Å². The zero-order chi connectivity index (χ0) is 20.2. The average Bonchev–Trinajstić information content (AvgIpc) is 3.27. The topological polar surface area (TPSA) is 77.0 Å². The molecule has 2 aliphatic rings. The van der Waals surface area contributed by atoms with Gasteiger partial charge in [-0.05, 0) is 70.6 Å². The monoisotopic (exact) mass is 386 g/mol. The Bertz CT molecular complexity index is 746. The quantitative estimate of drug-likeness (QED) is 0.690. The summed E-state index contributed by atoms with van der Waals surface area (Å²) >= 11 is 0. The molecule has 1 aromatic rings. The highest BCUT2D eigenvalue weighted by Gasteiger charge is 2.48. The van der Waals surface area contributed by atoms with Gasteiger partial charge in [-0.1, -0.05) is 25.0 Å². The van der Waals surface area contributed by atoms with Gasteiger partial charge >= 0.3 is 5.97 Å². The zero-order valence-corrected chi connectivity index (χ0v) is 17.0. The first-order valence-electron chi connectivity index (χ1n) is 10.2. The van der Waals surface area contributed by atoms with Gasteiger partial charge in [0, 0.05) is 0 Å². The molecule has 28 heavy (non-hydrogen) atoms. The summed E-state index contributed by atoms with van der Waals surface area (Å²) in [5.41, 5.74) is 3.58. The van der Waals surface area contributed by atoms with Crippen molar-refractivity contribution in [3.8, 4) is 5.75 Å². The Balaban J connectivity index is 1.51. The van der Waals surface area contributed by atoms with Gasteiger partial charge in [-0.3, -0.25) is 4.79 Å². The number of carbonyl (C=O) groups excluding carboxylic acids is 2. The van der Waals surface area contributed by atoms with Crippen molar-refractivity contribution in [1.29, 1.82) is 0 Å². The summed E-state index contributed by atoms with van der Waals surface area (Å²) in [7, 11) is 0. The second-order valence-corrected chi connectivity index (χ2v) is 8.12. The Morgan fingerprint density at radius 1 is 1.18 bits per heavy atom. The molecule has 1 saturated carbocycles. The van der Waals surface area contributed by atoms with Gasteiger partial charge in [0.15, 0.2) is 5.60 Å². The van der Waals surface area contributed by atoms with Gasteiger partial charge in [0.2, 0.25) is 0 Å². The van der Waals surface area contributed by atoms with Crippen LogP contribution in [0, 0.1) is 5.41 Å². The average molecular weight is 386 g/mol. The number of aryl methyl sites for hydroxylation is 1. The van der Waals surface area contributed by atoms with Crippen molar-refractivity contribution in [3.05, 3.63) is 29.8 Å². The van der Waals surface area contributed by atoms with Gasteiger partial charge in [0.1, 0.15) is 5.75 Å². The standard InChI is InChI=1S/C22H30N2O4/c1-4-27-20(26)21(2,3)28-17-12-10-16(11-13-17)8-7-9-18-22(14-5-6-15-22)19(25)24-23-18/h10-13H,4-9,14-15H2,1-3H3,(H,24,25). The van der Waals surface area contributed by atoms with E-state index in [1.54, 1.807) is 20.8 Å². The molecule has 1 heterocycles. The third kappa shape index (κ3) is 4.21. The highest BCUT2D eigenvalue weighted by Crippen LogP contribution is 2.43. The fraction of sp³-hybridized carbons (Fsp3) is 0.591. The molecule has 1 N–H and O–H groups in total. The lowest BCUT2D eigenvalue weighted by molar-refractivity contribution is -0.158. The van der Waals surface area contributed by atoms with E-state index < -0.39 is 5.60 Å². The molecule has 6 nitrogen and oxygen atoms in total. The van der Waals surface area contributed by atoms with Crippen molar-refractivity contribution in [2.75, 3.05) is 6.61 Å². The number of carbonyl (C=O) groups is 2. The summed E-state index contributed by atoms with van der Waals surface area (Å²) in [5, 5.41) is 4.32. The minimum absolute atomic E-state index is 0.0886. The number of nitrogens with one attached hydrogen (secondary N) is 1. The van der Waals surface area contributed by atoms with Crippen LogP contribution in [0.5, 0.6) is 5.75 Å². The fourth-order valence-corrected chi connectivity index (χ4v) is 4.08. The van der Waals surface area contributed by atoms with E-state index in [2.05, 4.69) is 10.5 Å². The van der Waals surface area contributed by atoms with Crippen molar-refractivity contribution >= 4 is 17.6 Å². The molecule has 1 amide bonds. The molecule has 0 bridgehead atoms. The van der Waals surface area contributed by atoms with Gasteiger partial charge in [-0.25, -0.2) is 10.2 Å². The summed E-state index contributed by atoms with van der Waals surface area (Å²) in [6, 6.07) is 7.80. The van der Waals surface area contributed by atoms with Crippen LogP contribution in [0.1, 0.15) is 64.9 Å². The molecule has 6 heteroatoms. The molecule has 0 saturated heterocycles. The smallest absolute Gasteiger partial charge is 0.349 e. The van der Waals surface area contributed by atoms with E-state index in [1.807, 2.05) is 24.3 Å². The molecule has 0 radical (unpaired) electrons. The normalized spacial score (nSPS) is 18.1. The Hall–Kier alpha value is -2.37. The Kier molecular flexibility index (Phi) is 6.06. The minimum Gasteiger partial charge on any atom is -0.476 e. The fourth-order valence-electron chi connectivity index (χ4n) is 4.08. The first kappa shape index (κ1) is 20.4. The van der Waals surface area contributed by atoms with Crippen molar-refractivity contribution in [2.45, 2.75) is 71.3 Å². The van der Waals surface area contributed by atoms with Crippen molar-refractivity contribution < 1.29 is 19.1 Å². The molecule has 1 spiro atoms. The molecular formula is C22H30N2O4. The van der Waals surface area contributed by atoms with E-state index in [1.165, 1.54) is 5.56 Å². The highest BCUT2D eigenvalue weighted by molar-refractivity contribution is 6.12. The maximum atomic E-state index is 12.2. The predicted octanol–water partition coefficient (Wildman–Crippen LogP) is 3.78. The van der Waals surface area contributed by atoms with E-state index in [0.29, 0.717) is 12.4 Å². The first-order valence-corrected chi connectivity index (χ1v) is 10.2. The number of ether oxygens (including phenoxy) is 2. The zero-order valence-electron chi connectivity index (χ0n) is 17.0. The first-order chi connectivity index (χ1) is 13.4. The lowest BCUT2D eigenvalue weighted by Crippen LogP contribution is -2.39. The molecule has 152 valence electrons. The summed E-state index contributed by atoms with van der Waals surface area (Å²) < 4.78 is 10.8. The summed E-state index contributed by atoms with van der Waals surface area (Å²) in [6.45, 7) is 5.52. The van der Waals surface area contributed by atoms with Crippen molar-refractivity contribution in [2.24, 2.45) is 10.5 Å². The molecule has 0 atom stereocenters. The highest BCUT2D eigenvalue weighted by atomic mass is 16.6. The van der Waals surface area contributed by atoms with E-state index in [4.69, 9.17) is 9.47 Å². The van der Waals surface area contributed by atoms with E-state index in [-0.39, 0.29) is 17.3 Å². The number of amides is 1. The molecule has 1 aromatic carbocycles. The van der Waals surface area contributed by atoms with Crippen LogP contribution in [0.2, 0.25) is 0 Å². The van der Waals surface area contributed by atoms with Crippen LogP contribution >= 0.6 is 0 Å². The predicted molar refractivity (Wildman–Crippen MR) is 107 cm³/mol. The molecular weight excluding hydrogens is 356 g/mol. The van der Waals surface area contributed by atoms with Crippen LogP contribution in [-0.4, -0.2) is 29.8 Å². The van der Waals surface area contributed by atoms with Crippen LogP contribution in [0.3, 0.4) is 0 Å². The van der Waals surface area contributed by atoms with Crippen molar-refractivity contribution in [1.82, 2.24) is 5.43 Å². The van der Waals surface area contributed by atoms with Gasteiger partial charge in [-0.2, -0.15) is 5.10 Å². The molecule has 1 aliphatic heterocycles. The van der Waals surface area contributed by atoms with Crippen LogP contribution in [0.15, 0.2) is 29.4 Å². The Labute approximate surface area is 166 Å². The lowest BCUT2D eigenvalue weighted by Gasteiger charge is -2.24. The minimum atomic E-state index is -1.02. The Morgan fingerprint density at radius 3 is 2.50 bits per heavy atom. The number of hydrazone groups is 1. The second kappa shape index (κ2) is 8.33. The SMILES string of the molecule is CCOC(=O)C(C)(C)Oc1ccc(CCCC2=NNC(=O)C23CCCC3)cc1. The van der Waals surface area contributed by atoms with Gasteiger partial charge in [0.25, 0.3) is 5.91 Å². The van der Waals surface area contributed by atoms with Gasteiger partial charge in [0.05, 0.1) is 17.7 Å². The number of nitrogens with zero attached hydrogens (tertiary/aromatic N) is 1. The van der Waals surface area contributed by atoms with Gasteiger partial charge in [-0.15, -0.1) is 0 Å². The number of hydrogen-bond acceptors (Lipinski definition) is 5. The molecule has 1 fully saturated rings. The molecule has 1 aliphatic carbocycles. The third-order valence-electron chi connectivity index (χ3n) is 5.68. The Morgan fingerprint density at radius 2 is 1.86 bits per heavy atom. The van der Waals surface area contributed by atoms with E-state index in [0.717, 1.165) is 50.7 Å². The number of hydrogen-bond donors (Lipinski definition) is 1. The molecule has 0 aromatic heterocycles.